The summed E-state index contributed by atoms with van der Waals surface area (Å²) in [6, 6.07) is 12.2. The molecule has 132 valence electrons. The van der Waals surface area contributed by atoms with Crippen molar-refractivity contribution in [1.29, 1.82) is 0 Å². The van der Waals surface area contributed by atoms with E-state index in [-0.39, 0.29) is 24.1 Å². The summed E-state index contributed by atoms with van der Waals surface area (Å²) < 4.78 is 5.40. The summed E-state index contributed by atoms with van der Waals surface area (Å²) in [6.07, 6.45) is 0. The molecule has 1 aliphatic rings. The van der Waals surface area contributed by atoms with E-state index in [0.29, 0.717) is 41.1 Å². The van der Waals surface area contributed by atoms with Gasteiger partial charge in [-0.1, -0.05) is 12.1 Å². The largest absolute Gasteiger partial charge is 0.482 e. The van der Waals surface area contributed by atoms with Gasteiger partial charge in [0.2, 0.25) is 0 Å². The Hall–Kier alpha value is -3.55. The minimum absolute atomic E-state index is 0.0114. The number of nitrogens with zero attached hydrogens (tertiary/aromatic N) is 1. The summed E-state index contributed by atoms with van der Waals surface area (Å²) >= 11 is 0. The first kappa shape index (κ1) is 15.9. The third-order valence-corrected chi connectivity index (χ3v) is 4.21. The highest BCUT2D eigenvalue weighted by molar-refractivity contribution is 5.99. The Kier molecular flexibility index (Phi) is 3.92. The van der Waals surface area contributed by atoms with E-state index in [2.05, 4.69) is 15.3 Å². The maximum atomic E-state index is 12.3. The van der Waals surface area contributed by atoms with Gasteiger partial charge in [0.25, 0.3) is 11.8 Å². The maximum Gasteiger partial charge on any atom is 0.323 e. The second kappa shape index (κ2) is 6.40. The van der Waals surface area contributed by atoms with Gasteiger partial charge in [-0.05, 0) is 30.3 Å². The normalized spacial score (nSPS) is 13.4. The molecule has 0 atom stereocenters. The van der Waals surface area contributed by atoms with Crippen LogP contribution < -0.4 is 20.6 Å². The van der Waals surface area contributed by atoms with Gasteiger partial charge in [-0.2, -0.15) is 0 Å². The highest BCUT2D eigenvalue weighted by Gasteiger charge is 2.24. The predicted molar refractivity (Wildman–Crippen MR) is 95.5 cm³/mol. The zero-order valence-electron chi connectivity index (χ0n) is 13.7. The Labute approximate surface area is 147 Å². The van der Waals surface area contributed by atoms with Gasteiger partial charge in [0.15, 0.2) is 6.61 Å². The summed E-state index contributed by atoms with van der Waals surface area (Å²) in [6.45, 7) is 0.622. The molecule has 0 saturated heterocycles. The molecule has 0 spiro atoms. The Morgan fingerprint density at radius 2 is 1.92 bits per heavy atom. The van der Waals surface area contributed by atoms with Crippen LogP contribution in [0.25, 0.3) is 11.0 Å². The van der Waals surface area contributed by atoms with Crippen molar-refractivity contribution in [3.05, 3.63) is 58.5 Å². The van der Waals surface area contributed by atoms with Crippen molar-refractivity contribution in [3.8, 4) is 5.75 Å². The summed E-state index contributed by atoms with van der Waals surface area (Å²) in [7, 11) is 0. The first-order valence-corrected chi connectivity index (χ1v) is 8.14. The number of imidazole rings is 1. The molecule has 0 saturated carbocycles. The number of anilines is 1. The van der Waals surface area contributed by atoms with Crippen LogP contribution in [0.15, 0.2) is 47.3 Å². The third kappa shape index (κ3) is 2.92. The number of carbonyl (C=O) groups excluding carboxylic acids is 2. The minimum Gasteiger partial charge on any atom is -0.482 e. The lowest BCUT2D eigenvalue weighted by Gasteiger charge is -2.29. The van der Waals surface area contributed by atoms with Gasteiger partial charge >= 0.3 is 5.69 Å². The SMILES string of the molecule is O=C(NCCN1C(=O)COc2ccccc21)c1ccc2[nH]c(=O)[nH]c2c1. The van der Waals surface area contributed by atoms with Crippen LogP contribution in [-0.4, -0.2) is 41.5 Å². The zero-order valence-corrected chi connectivity index (χ0v) is 13.7. The van der Waals surface area contributed by atoms with Crippen LogP contribution >= 0.6 is 0 Å². The average Bonchev–Trinajstić information content (AvgIpc) is 3.02. The van der Waals surface area contributed by atoms with Crippen LogP contribution in [0.3, 0.4) is 0 Å². The lowest BCUT2D eigenvalue weighted by Crippen LogP contribution is -2.43. The van der Waals surface area contributed by atoms with Gasteiger partial charge in [0, 0.05) is 18.7 Å². The van der Waals surface area contributed by atoms with Crippen molar-refractivity contribution in [2.45, 2.75) is 0 Å². The molecule has 1 aromatic heterocycles. The minimum atomic E-state index is -0.318. The van der Waals surface area contributed by atoms with E-state index < -0.39 is 0 Å². The second-order valence-electron chi connectivity index (χ2n) is 5.90. The average molecular weight is 352 g/mol. The maximum absolute atomic E-state index is 12.3. The molecular formula is C18H16N4O4. The molecular weight excluding hydrogens is 336 g/mol. The molecule has 2 amide bonds. The van der Waals surface area contributed by atoms with Crippen molar-refractivity contribution in [1.82, 2.24) is 15.3 Å². The number of carbonyl (C=O) groups is 2. The first-order chi connectivity index (χ1) is 12.6. The molecule has 0 unspecified atom stereocenters. The molecule has 2 aromatic carbocycles. The van der Waals surface area contributed by atoms with E-state index in [1.165, 1.54) is 0 Å². The molecule has 26 heavy (non-hydrogen) atoms. The highest BCUT2D eigenvalue weighted by Crippen LogP contribution is 2.30. The number of aromatic nitrogens is 2. The quantitative estimate of drug-likeness (QED) is 0.651. The van der Waals surface area contributed by atoms with Crippen LogP contribution in [0.1, 0.15) is 10.4 Å². The number of amides is 2. The number of aromatic amines is 2. The molecule has 3 N–H and O–H groups in total. The van der Waals surface area contributed by atoms with E-state index in [1.54, 1.807) is 29.2 Å². The topological polar surface area (TPSA) is 107 Å². The van der Waals surface area contributed by atoms with Gasteiger partial charge in [-0.3, -0.25) is 9.59 Å². The smallest absolute Gasteiger partial charge is 0.323 e. The number of H-pyrrole nitrogens is 2. The van der Waals surface area contributed by atoms with Gasteiger partial charge in [-0.15, -0.1) is 0 Å². The van der Waals surface area contributed by atoms with Gasteiger partial charge in [0.1, 0.15) is 5.75 Å². The fraction of sp³-hybridized carbons (Fsp3) is 0.167. The number of benzene rings is 2. The lowest BCUT2D eigenvalue weighted by atomic mass is 10.2. The number of ether oxygens (including phenoxy) is 1. The van der Waals surface area contributed by atoms with Gasteiger partial charge in [-0.25, -0.2) is 4.79 Å². The monoisotopic (exact) mass is 352 g/mol. The molecule has 8 heteroatoms. The fourth-order valence-electron chi connectivity index (χ4n) is 2.96. The van der Waals surface area contributed by atoms with Gasteiger partial charge < -0.3 is 24.9 Å². The Morgan fingerprint density at radius 3 is 2.81 bits per heavy atom. The molecule has 2 heterocycles. The Morgan fingerprint density at radius 1 is 1.12 bits per heavy atom. The predicted octanol–water partition coefficient (Wildman–Crippen LogP) is 1.01. The summed E-state index contributed by atoms with van der Waals surface area (Å²) in [5.74, 6) is 0.229. The lowest BCUT2D eigenvalue weighted by molar-refractivity contribution is -0.121. The van der Waals surface area contributed by atoms with E-state index in [4.69, 9.17) is 4.74 Å². The van der Waals surface area contributed by atoms with Crippen molar-refractivity contribution in [2.24, 2.45) is 0 Å². The number of hydrogen-bond donors (Lipinski definition) is 3. The first-order valence-electron chi connectivity index (χ1n) is 8.14. The molecule has 0 radical (unpaired) electrons. The van der Waals surface area contributed by atoms with Crippen molar-refractivity contribution in [3.63, 3.8) is 0 Å². The molecule has 0 bridgehead atoms. The fourth-order valence-corrected chi connectivity index (χ4v) is 2.96. The molecule has 1 aliphatic heterocycles. The zero-order chi connectivity index (χ0) is 18.1. The molecule has 0 fully saturated rings. The second-order valence-corrected chi connectivity index (χ2v) is 5.90. The van der Waals surface area contributed by atoms with E-state index in [9.17, 15) is 14.4 Å². The summed E-state index contributed by atoms with van der Waals surface area (Å²) in [4.78, 5) is 42.6. The summed E-state index contributed by atoms with van der Waals surface area (Å²) in [5.41, 5.74) is 2.02. The van der Waals surface area contributed by atoms with Crippen LogP contribution in [0.2, 0.25) is 0 Å². The molecule has 8 nitrogen and oxygen atoms in total. The van der Waals surface area contributed by atoms with E-state index >= 15 is 0 Å². The van der Waals surface area contributed by atoms with Gasteiger partial charge in [0.05, 0.1) is 16.7 Å². The molecule has 4 rings (SSSR count). The summed E-state index contributed by atoms with van der Waals surface area (Å²) in [5, 5.41) is 2.79. The Balaban J connectivity index is 1.43. The molecule has 3 aromatic rings. The number of nitrogens with one attached hydrogen (secondary N) is 3. The number of hydrogen-bond acceptors (Lipinski definition) is 4. The third-order valence-electron chi connectivity index (χ3n) is 4.21. The number of para-hydroxylation sites is 2. The van der Waals surface area contributed by atoms with Crippen molar-refractivity contribution >= 4 is 28.5 Å². The van der Waals surface area contributed by atoms with Crippen LogP contribution in [0.5, 0.6) is 5.75 Å². The van der Waals surface area contributed by atoms with Crippen LogP contribution in [0.4, 0.5) is 5.69 Å². The van der Waals surface area contributed by atoms with Crippen LogP contribution in [0, 0.1) is 0 Å². The Bertz CT molecular complexity index is 1050. The standard InChI is InChI=1S/C18H16N4O4/c23-16-10-26-15-4-2-1-3-14(15)22(16)8-7-19-17(24)11-5-6-12-13(9-11)21-18(25)20-12/h1-6,9H,7-8,10H2,(H,19,24)(H2,20,21,25). The van der Waals surface area contributed by atoms with Crippen molar-refractivity contribution < 1.29 is 14.3 Å². The van der Waals surface area contributed by atoms with Crippen molar-refractivity contribution in [2.75, 3.05) is 24.6 Å². The van der Waals surface area contributed by atoms with Crippen LogP contribution in [-0.2, 0) is 4.79 Å². The number of fused-ring (bicyclic) bond motifs is 2. The highest BCUT2D eigenvalue weighted by atomic mass is 16.5. The molecule has 0 aliphatic carbocycles. The van der Waals surface area contributed by atoms with E-state index in [0.717, 1.165) is 0 Å². The number of rotatable bonds is 4. The van der Waals surface area contributed by atoms with E-state index in [1.807, 2.05) is 18.2 Å².